The molecular formula is C13H29N3O3S. The maximum Gasteiger partial charge on any atom is 0.216 e. The maximum absolute atomic E-state index is 12.1. The standard InChI is InChI=1S/C13H29N3O3S/c1-2-19-12-13-20(17,18)16-10-8-15(9-11-16)7-5-3-4-6-14/h2-14H2,1H3. The summed E-state index contributed by atoms with van der Waals surface area (Å²) in [5.41, 5.74) is 5.47. The zero-order valence-corrected chi connectivity index (χ0v) is 13.4. The molecule has 0 atom stereocenters. The van der Waals surface area contributed by atoms with Crippen molar-refractivity contribution in [3.8, 4) is 0 Å². The third kappa shape index (κ3) is 6.49. The Balaban J connectivity index is 2.23. The lowest BCUT2D eigenvalue weighted by molar-refractivity contribution is 0.159. The van der Waals surface area contributed by atoms with Crippen LogP contribution in [0, 0.1) is 0 Å². The monoisotopic (exact) mass is 307 g/mol. The van der Waals surface area contributed by atoms with Crippen molar-refractivity contribution in [2.75, 3.05) is 58.2 Å². The second-order valence-electron chi connectivity index (χ2n) is 5.10. The van der Waals surface area contributed by atoms with Crippen molar-refractivity contribution in [2.45, 2.75) is 26.2 Å². The number of nitrogens with two attached hydrogens (primary N) is 1. The van der Waals surface area contributed by atoms with Gasteiger partial charge in [0.1, 0.15) is 0 Å². The molecule has 1 aliphatic rings. The fraction of sp³-hybridized carbons (Fsp3) is 1.00. The SMILES string of the molecule is CCOCCS(=O)(=O)N1CCN(CCCCCN)CC1. The Morgan fingerprint density at radius 1 is 1.10 bits per heavy atom. The molecule has 7 heteroatoms. The summed E-state index contributed by atoms with van der Waals surface area (Å²) < 4.78 is 30.9. The van der Waals surface area contributed by atoms with E-state index in [9.17, 15) is 8.42 Å². The van der Waals surface area contributed by atoms with Gasteiger partial charge in [-0.15, -0.1) is 0 Å². The van der Waals surface area contributed by atoms with E-state index in [0.717, 1.165) is 45.4 Å². The van der Waals surface area contributed by atoms with Gasteiger partial charge >= 0.3 is 0 Å². The van der Waals surface area contributed by atoms with Crippen LogP contribution in [0.5, 0.6) is 0 Å². The molecular weight excluding hydrogens is 278 g/mol. The quantitative estimate of drug-likeness (QED) is 0.579. The van der Waals surface area contributed by atoms with Crippen molar-refractivity contribution in [1.29, 1.82) is 0 Å². The zero-order chi connectivity index (χ0) is 14.8. The first-order valence-electron chi connectivity index (χ1n) is 7.58. The van der Waals surface area contributed by atoms with E-state index in [1.165, 1.54) is 0 Å². The lowest BCUT2D eigenvalue weighted by atomic mass is 10.2. The van der Waals surface area contributed by atoms with Crippen LogP contribution in [0.2, 0.25) is 0 Å². The first kappa shape index (κ1) is 17.8. The van der Waals surface area contributed by atoms with E-state index in [4.69, 9.17) is 10.5 Å². The number of rotatable bonds is 10. The molecule has 2 N–H and O–H groups in total. The van der Waals surface area contributed by atoms with Crippen LogP contribution in [0.1, 0.15) is 26.2 Å². The third-order valence-corrected chi connectivity index (χ3v) is 5.43. The maximum atomic E-state index is 12.1. The van der Waals surface area contributed by atoms with E-state index in [1.54, 1.807) is 4.31 Å². The van der Waals surface area contributed by atoms with Crippen LogP contribution < -0.4 is 5.73 Å². The topological polar surface area (TPSA) is 75.9 Å². The van der Waals surface area contributed by atoms with Gasteiger partial charge < -0.3 is 15.4 Å². The van der Waals surface area contributed by atoms with E-state index >= 15 is 0 Å². The minimum atomic E-state index is -3.14. The fourth-order valence-corrected chi connectivity index (χ4v) is 3.63. The summed E-state index contributed by atoms with van der Waals surface area (Å²) in [6, 6.07) is 0. The fourth-order valence-electron chi connectivity index (χ4n) is 2.33. The second kappa shape index (κ2) is 9.68. The van der Waals surface area contributed by atoms with Crippen molar-refractivity contribution in [3.05, 3.63) is 0 Å². The van der Waals surface area contributed by atoms with Crippen LogP contribution in [0.3, 0.4) is 0 Å². The highest BCUT2D eigenvalue weighted by Gasteiger charge is 2.26. The van der Waals surface area contributed by atoms with Gasteiger partial charge in [0.2, 0.25) is 10.0 Å². The molecule has 120 valence electrons. The molecule has 0 aromatic carbocycles. The number of ether oxygens (including phenoxy) is 1. The summed E-state index contributed by atoms with van der Waals surface area (Å²) in [5, 5.41) is 0. The number of piperazine rings is 1. The molecule has 1 heterocycles. The van der Waals surface area contributed by atoms with Crippen LogP contribution in [0.25, 0.3) is 0 Å². The molecule has 20 heavy (non-hydrogen) atoms. The Morgan fingerprint density at radius 3 is 2.40 bits per heavy atom. The van der Waals surface area contributed by atoms with Crippen molar-refractivity contribution in [3.63, 3.8) is 0 Å². The van der Waals surface area contributed by atoms with Crippen molar-refractivity contribution in [1.82, 2.24) is 9.21 Å². The summed E-state index contributed by atoms with van der Waals surface area (Å²) in [4.78, 5) is 2.34. The van der Waals surface area contributed by atoms with E-state index in [-0.39, 0.29) is 12.4 Å². The highest BCUT2D eigenvalue weighted by molar-refractivity contribution is 7.89. The number of sulfonamides is 1. The molecule has 1 fully saturated rings. The molecule has 6 nitrogen and oxygen atoms in total. The van der Waals surface area contributed by atoms with Gasteiger partial charge in [0.05, 0.1) is 12.4 Å². The lowest BCUT2D eigenvalue weighted by Crippen LogP contribution is -2.49. The summed E-state index contributed by atoms with van der Waals surface area (Å²) in [6.07, 6.45) is 3.38. The Labute approximate surface area is 123 Å². The van der Waals surface area contributed by atoms with Crippen molar-refractivity contribution < 1.29 is 13.2 Å². The molecule has 1 rings (SSSR count). The molecule has 0 aromatic heterocycles. The number of hydrogen-bond acceptors (Lipinski definition) is 5. The Kier molecular flexibility index (Phi) is 8.63. The van der Waals surface area contributed by atoms with E-state index in [2.05, 4.69) is 4.90 Å². The molecule has 1 aliphatic heterocycles. The van der Waals surface area contributed by atoms with Crippen LogP contribution in [-0.2, 0) is 14.8 Å². The third-order valence-electron chi connectivity index (χ3n) is 3.59. The van der Waals surface area contributed by atoms with Gasteiger partial charge in [-0.2, -0.15) is 4.31 Å². The zero-order valence-electron chi connectivity index (χ0n) is 12.6. The first-order chi connectivity index (χ1) is 9.60. The summed E-state index contributed by atoms with van der Waals surface area (Å²) in [5.74, 6) is 0.0946. The summed E-state index contributed by atoms with van der Waals surface area (Å²) in [6.45, 7) is 7.39. The molecule has 0 bridgehead atoms. The van der Waals surface area contributed by atoms with Crippen LogP contribution >= 0.6 is 0 Å². The Morgan fingerprint density at radius 2 is 1.80 bits per heavy atom. The molecule has 0 amide bonds. The highest BCUT2D eigenvalue weighted by atomic mass is 32.2. The number of hydrogen-bond donors (Lipinski definition) is 1. The molecule has 0 spiro atoms. The van der Waals surface area contributed by atoms with Crippen LogP contribution in [-0.4, -0.2) is 75.9 Å². The van der Waals surface area contributed by atoms with Gasteiger partial charge in [0.15, 0.2) is 0 Å². The normalized spacial score (nSPS) is 18.5. The van der Waals surface area contributed by atoms with E-state index in [1.807, 2.05) is 6.92 Å². The molecule has 0 radical (unpaired) electrons. The smallest absolute Gasteiger partial charge is 0.216 e. The van der Waals surface area contributed by atoms with Gasteiger partial charge in [0.25, 0.3) is 0 Å². The largest absolute Gasteiger partial charge is 0.381 e. The van der Waals surface area contributed by atoms with E-state index < -0.39 is 10.0 Å². The van der Waals surface area contributed by atoms with Gasteiger partial charge in [-0.1, -0.05) is 6.42 Å². The predicted octanol–water partition coefficient (Wildman–Crippen LogP) is 0.0993. The number of unbranched alkanes of at least 4 members (excludes halogenated alkanes) is 2. The van der Waals surface area contributed by atoms with Gasteiger partial charge in [0, 0.05) is 32.8 Å². The van der Waals surface area contributed by atoms with Gasteiger partial charge in [-0.05, 0) is 32.9 Å². The number of nitrogens with zero attached hydrogens (tertiary/aromatic N) is 2. The molecule has 0 aromatic rings. The van der Waals surface area contributed by atoms with Crippen LogP contribution in [0.4, 0.5) is 0 Å². The van der Waals surface area contributed by atoms with Gasteiger partial charge in [-0.3, -0.25) is 0 Å². The minimum Gasteiger partial charge on any atom is -0.381 e. The minimum absolute atomic E-state index is 0.0946. The van der Waals surface area contributed by atoms with Gasteiger partial charge in [-0.25, -0.2) is 8.42 Å². The first-order valence-corrected chi connectivity index (χ1v) is 9.19. The molecule has 1 saturated heterocycles. The average Bonchev–Trinajstić information content (AvgIpc) is 2.44. The summed E-state index contributed by atoms with van der Waals surface area (Å²) in [7, 11) is -3.14. The Hall–Kier alpha value is -0.210. The summed E-state index contributed by atoms with van der Waals surface area (Å²) >= 11 is 0. The lowest BCUT2D eigenvalue weighted by Gasteiger charge is -2.34. The predicted molar refractivity (Wildman–Crippen MR) is 81.2 cm³/mol. The van der Waals surface area contributed by atoms with Crippen molar-refractivity contribution in [2.24, 2.45) is 5.73 Å². The molecule has 0 aliphatic carbocycles. The highest BCUT2D eigenvalue weighted by Crippen LogP contribution is 2.09. The Bertz CT molecular complexity index is 341. The molecule has 0 unspecified atom stereocenters. The second-order valence-corrected chi connectivity index (χ2v) is 7.19. The average molecular weight is 307 g/mol. The molecule has 0 saturated carbocycles. The van der Waals surface area contributed by atoms with E-state index in [0.29, 0.717) is 19.7 Å². The van der Waals surface area contributed by atoms with Crippen LogP contribution in [0.15, 0.2) is 0 Å². The van der Waals surface area contributed by atoms with Crippen molar-refractivity contribution >= 4 is 10.0 Å².